The average Bonchev–Trinajstić information content (AvgIpc) is 2.39. The molecule has 0 aromatic rings. The van der Waals surface area contributed by atoms with Crippen LogP contribution in [0.1, 0.15) is 51.4 Å². The van der Waals surface area contributed by atoms with Crippen LogP contribution in [0.15, 0.2) is 12.7 Å². The van der Waals surface area contributed by atoms with E-state index in [0.29, 0.717) is 5.92 Å². The molecule has 0 heterocycles. The normalized spacial score (nSPS) is 18.3. The summed E-state index contributed by atoms with van der Waals surface area (Å²) in [6.07, 6.45) is 11.1. The first-order chi connectivity index (χ1) is 8.65. The first kappa shape index (κ1) is 15.2. The minimum atomic E-state index is -0.304. The summed E-state index contributed by atoms with van der Waals surface area (Å²) in [5, 5.41) is 0. The lowest BCUT2D eigenvalue weighted by Gasteiger charge is -2.26. The topological polar surface area (TPSA) is 46.3 Å². The maximum absolute atomic E-state index is 12.1. The number of amides is 1. The second kappa shape index (κ2) is 8.30. The van der Waals surface area contributed by atoms with Gasteiger partial charge in [-0.05, 0) is 25.2 Å². The van der Waals surface area contributed by atoms with E-state index in [1.165, 1.54) is 32.1 Å². The quantitative estimate of drug-likeness (QED) is 0.559. The molecular formula is C15H28N2O. The van der Waals surface area contributed by atoms with Crippen LogP contribution in [0.2, 0.25) is 0 Å². The van der Waals surface area contributed by atoms with Gasteiger partial charge in [0, 0.05) is 13.6 Å². The summed E-state index contributed by atoms with van der Waals surface area (Å²) in [5.41, 5.74) is 6.04. The van der Waals surface area contributed by atoms with Gasteiger partial charge in [-0.2, -0.15) is 0 Å². The Kier molecular flexibility index (Phi) is 7.02. The number of carbonyl (C=O) groups excluding carboxylic acids is 1. The van der Waals surface area contributed by atoms with Crippen LogP contribution in [0, 0.1) is 5.92 Å². The third kappa shape index (κ3) is 5.21. The van der Waals surface area contributed by atoms with Crippen molar-refractivity contribution >= 4 is 5.91 Å². The molecule has 0 aromatic heterocycles. The van der Waals surface area contributed by atoms with Crippen molar-refractivity contribution in [2.24, 2.45) is 11.7 Å². The van der Waals surface area contributed by atoms with E-state index in [1.54, 1.807) is 4.90 Å². The van der Waals surface area contributed by atoms with E-state index >= 15 is 0 Å². The second-order valence-electron chi connectivity index (χ2n) is 5.54. The molecule has 1 fully saturated rings. The predicted octanol–water partition coefficient (Wildman–Crippen LogP) is 2.71. The van der Waals surface area contributed by atoms with Crippen molar-refractivity contribution in [3.05, 3.63) is 12.7 Å². The molecule has 1 aliphatic carbocycles. The largest absolute Gasteiger partial charge is 0.344 e. The van der Waals surface area contributed by atoms with Crippen molar-refractivity contribution in [2.45, 2.75) is 57.4 Å². The van der Waals surface area contributed by atoms with Crippen LogP contribution < -0.4 is 5.73 Å². The van der Waals surface area contributed by atoms with Crippen LogP contribution in [0.25, 0.3) is 0 Å². The fraction of sp³-hybridized carbons (Fsp3) is 0.800. The molecule has 0 aromatic carbocycles. The van der Waals surface area contributed by atoms with Gasteiger partial charge in [-0.25, -0.2) is 0 Å². The second-order valence-corrected chi connectivity index (χ2v) is 5.54. The Morgan fingerprint density at radius 3 is 2.72 bits per heavy atom. The molecule has 1 saturated carbocycles. The number of hydrogen-bond donors (Lipinski definition) is 1. The zero-order valence-corrected chi connectivity index (χ0v) is 11.7. The third-order valence-electron chi connectivity index (χ3n) is 3.91. The summed E-state index contributed by atoms with van der Waals surface area (Å²) in [5.74, 6) is 0.768. The van der Waals surface area contributed by atoms with Gasteiger partial charge >= 0.3 is 0 Å². The van der Waals surface area contributed by atoms with E-state index in [9.17, 15) is 4.79 Å². The SMILES string of the molecule is C=CCCCN(C)C(=O)[C@@H](N)CC1CCCCC1. The fourth-order valence-corrected chi connectivity index (χ4v) is 2.75. The van der Waals surface area contributed by atoms with Gasteiger partial charge < -0.3 is 10.6 Å². The summed E-state index contributed by atoms with van der Waals surface area (Å²) >= 11 is 0. The zero-order chi connectivity index (χ0) is 13.4. The molecule has 0 spiro atoms. The summed E-state index contributed by atoms with van der Waals surface area (Å²) in [7, 11) is 1.85. The minimum Gasteiger partial charge on any atom is -0.344 e. The zero-order valence-electron chi connectivity index (χ0n) is 11.7. The Hall–Kier alpha value is -0.830. The maximum Gasteiger partial charge on any atom is 0.239 e. The number of likely N-dealkylation sites (N-methyl/N-ethyl adjacent to an activating group) is 1. The van der Waals surface area contributed by atoms with Crippen LogP contribution in [0.5, 0.6) is 0 Å². The Bertz CT molecular complexity index is 259. The van der Waals surface area contributed by atoms with Gasteiger partial charge in [0.2, 0.25) is 5.91 Å². The standard InChI is InChI=1S/C15H28N2O/c1-3-4-8-11-17(2)15(18)14(16)12-13-9-6-5-7-10-13/h3,13-14H,1,4-12,16H2,2H3/t14-/m0/s1. The van der Waals surface area contributed by atoms with Crippen LogP contribution in [0.3, 0.4) is 0 Å². The molecule has 0 bridgehead atoms. The summed E-state index contributed by atoms with van der Waals surface area (Å²) in [6, 6.07) is -0.304. The number of allylic oxidation sites excluding steroid dienone is 1. The molecule has 0 saturated heterocycles. The van der Waals surface area contributed by atoms with Crippen LogP contribution >= 0.6 is 0 Å². The van der Waals surface area contributed by atoms with Crippen molar-refractivity contribution < 1.29 is 4.79 Å². The Morgan fingerprint density at radius 1 is 1.44 bits per heavy atom. The molecule has 1 rings (SSSR count). The van der Waals surface area contributed by atoms with Gasteiger partial charge in [-0.1, -0.05) is 38.2 Å². The lowest BCUT2D eigenvalue weighted by molar-refractivity contribution is -0.131. The molecule has 0 aliphatic heterocycles. The Labute approximate surface area is 111 Å². The van der Waals surface area contributed by atoms with Gasteiger partial charge in [0.05, 0.1) is 6.04 Å². The monoisotopic (exact) mass is 252 g/mol. The highest BCUT2D eigenvalue weighted by Gasteiger charge is 2.23. The van der Waals surface area contributed by atoms with Crippen LogP contribution in [0.4, 0.5) is 0 Å². The van der Waals surface area contributed by atoms with Crippen molar-refractivity contribution in [2.75, 3.05) is 13.6 Å². The van der Waals surface area contributed by atoms with E-state index in [1.807, 2.05) is 13.1 Å². The highest BCUT2D eigenvalue weighted by molar-refractivity contribution is 5.81. The van der Waals surface area contributed by atoms with E-state index in [0.717, 1.165) is 25.8 Å². The van der Waals surface area contributed by atoms with E-state index in [2.05, 4.69) is 6.58 Å². The first-order valence-electron chi connectivity index (χ1n) is 7.26. The highest BCUT2D eigenvalue weighted by Crippen LogP contribution is 2.27. The molecule has 0 unspecified atom stereocenters. The molecule has 104 valence electrons. The minimum absolute atomic E-state index is 0.102. The average molecular weight is 252 g/mol. The summed E-state index contributed by atoms with van der Waals surface area (Å²) in [4.78, 5) is 13.9. The molecule has 1 amide bonds. The van der Waals surface area contributed by atoms with Gasteiger partial charge in [0.1, 0.15) is 0 Å². The number of rotatable bonds is 7. The molecule has 18 heavy (non-hydrogen) atoms. The van der Waals surface area contributed by atoms with E-state index in [4.69, 9.17) is 5.73 Å². The van der Waals surface area contributed by atoms with Gasteiger partial charge in [0.25, 0.3) is 0 Å². The maximum atomic E-state index is 12.1. The number of nitrogens with zero attached hydrogens (tertiary/aromatic N) is 1. The number of carbonyl (C=O) groups is 1. The van der Waals surface area contributed by atoms with Crippen LogP contribution in [-0.2, 0) is 4.79 Å². The lowest BCUT2D eigenvalue weighted by Crippen LogP contribution is -2.43. The van der Waals surface area contributed by atoms with Gasteiger partial charge in [-0.3, -0.25) is 4.79 Å². The van der Waals surface area contributed by atoms with E-state index < -0.39 is 0 Å². The molecule has 1 aliphatic rings. The molecular weight excluding hydrogens is 224 g/mol. The summed E-state index contributed by atoms with van der Waals surface area (Å²) < 4.78 is 0. The number of hydrogen-bond acceptors (Lipinski definition) is 2. The molecule has 3 nitrogen and oxygen atoms in total. The van der Waals surface area contributed by atoms with Crippen molar-refractivity contribution in [3.63, 3.8) is 0 Å². The highest BCUT2D eigenvalue weighted by atomic mass is 16.2. The molecule has 3 heteroatoms. The number of nitrogens with two attached hydrogens (primary N) is 1. The van der Waals surface area contributed by atoms with Gasteiger partial charge in [-0.15, -0.1) is 6.58 Å². The van der Waals surface area contributed by atoms with E-state index in [-0.39, 0.29) is 11.9 Å². The Morgan fingerprint density at radius 2 is 2.11 bits per heavy atom. The molecule has 1 atom stereocenters. The van der Waals surface area contributed by atoms with Gasteiger partial charge in [0.15, 0.2) is 0 Å². The fourth-order valence-electron chi connectivity index (χ4n) is 2.75. The first-order valence-corrected chi connectivity index (χ1v) is 7.26. The Balaban J connectivity index is 2.27. The lowest BCUT2D eigenvalue weighted by atomic mass is 9.85. The molecule has 2 N–H and O–H groups in total. The smallest absolute Gasteiger partial charge is 0.239 e. The van der Waals surface area contributed by atoms with Crippen molar-refractivity contribution in [1.82, 2.24) is 4.90 Å². The van der Waals surface area contributed by atoms with Crippen molar-refractivity contribution in [1.29, 1.82) is 0 Å². The number of unbranched alkanes of at least 4 members (excludes halogenated alkanes) is 1. The third-order valence-corrected chi connectivity index (χ3v) is 3.91. The summed E-state index contributed by atoms with van der Waals surface area (Å²) in [6.45, 7) is 4.47. The van der Waals surface area contributed by atoms with Crippen LogP contribution in [-0.4, -0.2) is 30.4 Å². The predicted molar refractivity (Wildman–Crippen MR) is 76.2 cm³/mol. The van der Waals surface area contributed by atoms with Crippen molar-refractivity contribution in [3.8, 4) is 0 Å². The molecule has 0 radical (unpaired) electrons.